The number of alkyl halides is 1. The Morgan fingerprint density at radius 3 is 2.73 bits per heavy atom. The number of carbonyl (C=O) groups excluding carboxylic acids is 1. The summed E-state index contributed by atoms with van der Waals surface area (Å²) < 4.78 is 0.0519. The fourth-order valence-electron chi connectivity index (χ4n) is 0.928. The van der Waals surface area contributed by atoms with Gasteiger partial charge in [-0.2, -0.15) is 0 Å². The minimum atomic E-state index is 0.0519. The molecule has 0 radical (unpaired) electrons. The lowest BCUT2D eigenvalue weighted by atomic mass is 10.2. The summed E-state index contributed by atoms with van der Waals surface area (Å²) in [6, 6.07) is 0.266. The van der Waals surface area contributed by atoms with E-state index in [0.29, 0.717) is 0 Å². The van der Waals surface area contributed by atoms with Crippen molar-refractivity contribution in [1.29, 1.82) is 0 Å². The summed E-state index contributed by atoms with van der Waals surface area (Å²) >= 11 is 3.76. The molecular weight excluding hydrogens is 275 g/mol. The van der Waals surface area contributed by atoms with Crippen molar-refractivity contribution in [2.75, 3.05) is 6.26 Å². The molecule has 3 atom stereocenters. The maximum atomic E-state index is 11.2. The van der Waals surface area contributed by atoms with Gasteiger partial charge in [-0.1, -0.05) is 22.6 Å². The summed E-state index contributed by atoms with van der Waals surface area (Å²) in [5.41, 5.74) is 0.0866. The summed E-state index contributed by atoms with van der Waals surface area (Å²) in [4.78, 5) is 11.2. The van der Waals surface area contributed by atoms with Gasteiger partial charge in [0.2, 0.25) is 5.91 Å². The van der Waals surface area contributed by atoms with Crippen molar-refractivity contribution in [3.8, 4) is 0 Å². The van der Waals surface area contributed by atoms with Crippen molar-refractivity contribution in [1.82, 2.24) is 10.6 Å². The molecule has 1 aliphatic heterocycles. The van der Waals surface area contributed by atoms with Gasteiger partial charge in [0.25, 0.3) is 0 Å². The Balaban J connectivity index is 2.54. The molecule has 2 N–H and O–H groups in total. The fourth-order valence-corrected chi connectivity index (χ4v) is 1.90. The van der Waals surface area contributed by atoms with Gasteiger partial charge in [0.1, 0.15) is 9.42 Å². The van der Waals surface area contributed by atoms with E-state index in [1.165, 1.54) is 0 Å². The predicted octanol–water partition coefficient (Wildman–Crippen LogP) is 0.544. The summed E-state index contributed by atoms with van der Waals surface area (Å²) in [6.45, 7) is 2.03. The number of carbonyl (C=O) groups is 1. The van der Waals surface area contributed by atoms with Crippen LogP contribution >= 0.6 is 34.4 Å². The lowest BCUT2D eigenvalue weighted by molar-refractivity contribution is -0.122. The van der Waals surface area contributed by atoms with Crippen LogP contribution in [0.4, 0.5) is 0 Å². The topological polar surface area (TPSA) is 41.1 Å². The maximum Gasteiger partial charge on any atom is 0.236 e. The van der Waals surface area contributed by atoms with Gasteiger partial charge in [0, 0.05) is 6.04 Å². The SMILES string of the molecule is CSC1NC(=O)C(I)C(C)N1. The number of amides is 1. The van der Waals surface area contributed by atoms with Crippen molar-refractivity contribution in [2.24, 2.45) is 0 Å². The first-order valence-electron chi connectivity index (χ1n) is 3.38. The number of halogens is 1. The largest absolute Gasteiger partial charge is 0.331 e. The summed E-state index contributed by atoms with van der Waals surface area (Å²) in [6.07, 6.45) is 1.97. The van der Waals surface area contributed by atoms with E-state index in [-0.39, 0.29) is 21.4 Å². The molecule has 1 fully saturated rings. The Kier molecular flexibility index (Phi) is 3.45. The lowest BCUT2D eigenvalue weighted by Crippen LogP contribution is -2.59. The molecule has 5 heteroatoms. The summed E-state index contributed by atoms with van der Waals surface area (Å²) in [7, 11) is 0. The Hall–Kier alpha value is 0.510. The Bertz CT molecular complexity index is 167. The van der Waals surface area contributed by atoms with Crippen LogP contribution in [-0.2, 0) is 4.79 Å². The molecule has 0 saturated carbocycles. The van der Waals surface area contributed by atoms with Gasteiger partial charge >= 0.3 is 0 Å². The van der Waals surface area contributed by atoms with Gasteiger partial charge in [-0.3, -0.25) is 10.1 Å². The number of rotatable bonds is 1. The number of thioether (sulfide) groups is 1. The fraction of sp³-hybridized carbons (Fsp3) is 0.833. The van der Waals surface area contributed by atoms with E-state index in [4.69, 9.17) is 0 Å². The van der Waals surface area contributed by atoms with Gasteiger partial charge in [-0.25, -0.2) is 0 Å². The predicted molar refractivity (Wildman–Crippen MR) is 55.9 cm³/mol. The Morgan fingerprint density at radius 1 is 1.64 bits per heavy atom. The number of nitrogens with one attached hydrogen (secondary N) is 2. The molecule has 0 aliphatic carbocycles. The quantitative estimate of drug-likeness (QED) is 0.546. The molecule has 1 rings (SSSR count). The zero-order valence-corrected chi connectivity index (χ0v) is 9.40. The van der Waals surface area contributed by atoms with Gasteiger partial charge in [0.15, 0.2) is 0 Å². The van der Waals surface area contributed by atoms with Gasteiger partial charge in [-0.05, 0) is 13.2 Å². The van der Waals surface area contributed by atoms with Crippen molar-refractivity contribution in [3.05, 3.63) is 0 Å². The highest BCUT2D eigenvalue weighted by molar-refractivity contribution is 14.1. The van der Waals surface area contributed by atoms with Gasteiger partial charge in [-0.15, -0.1) is 11.8 Å². The van der Waals surface area contributed by atoms with Gasteiger partial charge < -0.3 is 5.32 Å². The monoisotopic (exact) mass is 286 g/mol. The molecule has 1 aliphatic rings. The van der Waals surface area contributed by atoms with Crippen LogP contribution in [-0.4, -0.2) is 27.6 Å². The molecule has 3 unspecified atom stereocenters. The van der Waals surface area contributed by atoms with E-state index >= 15 is 0 Å². The summed E-state index contributed by atoms with van der Waals surface area (Å²) in [5, 5.41) is 6.12. The van der Waals surface area contributed by atoms with Crippen LogP contribution in [0.3, 0.4) is 0 Å². The van der Waals surface area contributed by atoms with Gasteiger partial charge in [0.05, 0.1) is 0 Å². The second-order valence-corrected chi connectivity index (χ2v) is 4.77. The average Bonchev–Trinajstić information content (AvgIpc) is 1.99. The normalized spacial score (nSPS) is 38.5. The molecule has 0 spiro atoms. The third kappa shape index (κ3) is 2.22. The number of hydrogen-bond donors (Lipinski definition) is 2. The lowest BCUT2D eigenvalue weighted by Gasteiger charge is -2.31. The van der Waals surface area contributed by atoms with E-state index in [2.05, 4.69) is 33.2 Å². The van der Waals surface area contributed by atoms with E-state index in [1.54, 1.807) is 11.8 Å². The van der Waals surface area contributed by atoms with E-state index in [9.17, 15) is 4.79 Å². The van der Waals surface area contributed by atoms with Crippen molar-refractivity contribution in [3.63, 3.8) is 0 Å². The third-order valence-corrected chi connectivity index (χ3v) is 3.98. The first kappa shape index (κ1) is 9.60. The van der Waals surface area contributed by atoms with Crippen LogP contribution in [0.2, 0.25) is 0 Å². The molecule has 1 saturated heterocycles. The van der Waals surface area contributed by atoms with Crippen LogP contribution in [0.15, 0.2) is 0 Å². The molecule has 0 aromatic heterocycles. The molecule has 64 valence electrons. The number of hydrogen-bond acceptors (Lipinski definition) is 3. The molecule has 0 bridgehead atoms. The zero-order chi connectivity index (χ0) is 8.43. The minimum absolute atomic E-state index is 0.0519. The highest BCUT2D eigenvalue weighted by atomic mass is 127. The van der Waals surface area contributed by atoms with E-state index in [0.717, 1.165) is 0 Å². The Labute approximate surface area is 84.2 Å². The molecule has 1 amide bonds. The van der Waals surface area contributed by atoms with Crippen LogP contribution in [0.25, 0.3) is 0 Å². The smallest absolute Gasteiger partial charge is 0.236 e. The molecule has 0 aromatic carbocycles. The van der Waals surface area contributed by atoms with Crippen LogP contribution in [0, 0.1) is 0 Å². The van der Waals surface area contributed by atoms with Crippen molar-refractivity contribution in [2.45, 2.75) is 22.4 Å². The Morgan fingerprint density at radius 2 is 2.27 bits per heavy atom. The van der Waals surface area contributed by atoms with Crippen LogP contribution < -0.4 is 10.6 Å². The van der Waals surface area contributed by atoms with Crippen LogP contribution in [0.5, 0.6) is 0 Å². The molecular formula is C6H11IN2OS. The second-order valence-electron chi connectivity index (χ2n) is 2.48. The van der Waals surface area contributed by atoms with E-state index < -0.39 is 0 Å². The average molecular weight is 286 g/mol. The molecule has 3 nitrogen and oxygen atoms in total. The first-order chi connectivity index (χ1) is 5.15. The molecule has 1 heterocycles. The standard InChI is InChI=1S/C6H11IN2OS/c1-3-4(7)5(10)9-6(8-3)11-2/h3-4,6,8H,1-2H3,(H,9,10). The highest BCUT2D eigenvalue weighted by Gasteiger charge is 2.30. The third-order valence-electron chi connectivity index (χ3n) is 1.61. The molecule has 0 aromatic rings. The minimum Gasteiger partial charge on any atom is -0.331 e. The summed E-state index contributed by atoms with van der Waals surface area (Å²) in [5.74, 6) is 0.135. The first-order valence-corrected chi connectivity index (χ1v) is 5.92. The van der Waals surface area contributed by atoms with Crippen molar-refractivity contribution >= 4 is 40.3 Å². The van der Waals surface area contributed by atoms with E-state index in [1.807, 2.05) is 13.2 Å². The zero-order valence-electron chi connectivity index (χ0n) is 6.43. The van der Waals surface area contributed by atoms with Crippen LogP contribution in [0.1, 0.15) is 6.92 Å². The second kappa shape index (κ2) is 3.95. The molecule has 11 heavy (non-hydrogen) atoms. The maximum absolute atomic E-state index is 11.2. The highest BCUT2D eigenvalue weighted by Crippen LogP contribution is 2.14. The van der Waals surface area contributed by atoms with Crippen molar-refractivity contribution < 1.29 is 4.79 Å².